The lowest BCUT2D eigenvalue weighted by molar-refractivity contribution is 0.0751. The Hall–Kier alpha value is -2.21. The Morgan fingerprint density at radius 1 is 1.20 bits per heavy atom. The smallest absolute Gasteiger partial charge is 0.292 e. The second kappa shape index (κ2) is 7.35. The predicted octanol–water partition coefficient (Wildman–Crippen LogP) is 2.69. The fourth-order valence-corrected chi connectivity index (χ4v) is 3.82. The molecule has 0 saturated carbocycles. The van der Waals surface area contributed by atoms with E-state index in [4.69, 9.17) is 4.52 Å². The lowest BCUT2D eigenvalue weighted by Gasteiger charge is -2.31. The van der Waals surface area contributed by atoms with E-state index in [1.165, 1.54) is 0 Å². The van der Waals surface area contributed by atoms with Gasteiger partial charge in [0.1, 0.15) is 0 Å². The van der Waals surface area contributed by atoms with Crippen LogP contribution in [-0.2, 0) is 6.54 Å². The molecular weight excluding hydrogens is 316 g/mol. The topological polar surface area (TPSA) is 62.5 Å². The first-order valence-corrected chi connectivity index (χ1v) is 9.18. The molecule has 6 heteroatoms. The number of rotatable bonds is 4. The number of amides is 1. The highest BCUT2D eigenvalue weighted by molar-refractivity contribution is 5.91. The average Bonchev–Trinajstić information content (AvgIpc) is 3.34. The van der Waals surface area contributed by atoms with Gasteiger partial charge in [-0.1, -0.05) is 11.2 Å². The van der Waals surface area contributed by atoms with Crippen LogP contribution in [0.2, 0.25) is 0 Å². The van der Waals surface area contributed by atoms with Gasteiger partial charge in [0.2, 0.25) is 5.76 Å². The molecule has 2 saturated heterocycles. The highest BCUT2D eigenvalue weighted by Crippen LogP contribution is 2.28. The van der Waals surface area contributed by atoms with Crippen LogP contribution in [0.4, 0.5) is 0 Å². The van der Waals surface area contributed by atoms with Crippen molar-refractivity contribution in [2.45, 2.75) is 38.1 Å². The Balaban J connectivity index is 1.40. The normalized spacial score (nSPS) is 21.6. The van der Waals surface area contributed by atoms with Crippen LogP contribution in [0, 0.1) is 0 Å². The largest absolute Gasteiger partial charge is 0.351 e. The molecule has 0 spiro atoms. The quantitative estimate of drug-likeness (QED) is 0.856. The third-order valence-corrected chi connectivity index (χ3v) is 5.17. The van der Waals surface area contributed by atoms with Gasteiger partial charge in [0, 0.05) is 44.4 Å². The van der Waals surface area contributed by atoms with E-state index >= 15 is 0 Å². The second-order valence-electron chi connectivity index (χ2n) is 7.01. The second-order valence-corrected chi connectivity index (χ2v) is 7.01. The van der Waals surface area contributed by atoms with Gasteiger partial charge in [0.05, 0.1) is 11.4 Å². The molecular formula is C19H24N4O2. The van der Waals surface area contributed by atoms with Gasteiger partial charge < -0.3 is 9.42 Å². The molecule has 25 heavy (non-hydrogen) atoms. The van der Waals surface area contributed by atoms with Crippen molar-refractivity contribution in [3.8, 4) is 0 Å². The number of pyridine rings is 1. The van der Waals surface area contributed by atoms with E-state index in [-0.39, 0.29) is 5.91 Å². The molecule has 0 bridgehead atoms. The van der Waals surface area contributed by atoms with E-state index in [1.54, 1.807) is 0 Å². The molecule has 0 aliphatic carbocycles. The zero-order chi connectivity index (χ0) is 17.1. The van der Waals surface area contributed by atoms with Gasteiger partial charge in [0.15, 0.2) is 0 Å². The van der Waals surface area contributed by atoms with Crippen LogP contribution in [-0.4, -0.2) is 52.0 Å². The van der Waals surface area contributed by atoms with Gasteiger partial charge in [-0.2, -0.15) is 0 Å². The highest BCUT2D eigenvalue weighted by atomic mass is 16.5. The Bertz CT molecular complexity index is 709. The third-order valence-electron chi connectivity index (χ3n) is 5.17. The van der Waals surface area contributed by atoms with E-state index in [0.717, 1.165) is 69.8 Å². The minimum Gasteiger partial charge on any atom is -0.351 e. The summed E-state index contributed by atoms with van der Waals surface area (Å²) in [6.07, 6.45) is 6.21. The number of aromatic nitrogens is 2. The van der Waals surface area contributed by atoms with Crippen LogP contribution < -0.4 is 0 Å². The van der Waals surface area contributed by atoms with E-state index in [1.807, 2.05) is 29.3 Å². The molecule has 2 aliphatic heterocycles. The van der Waals surface area contributed by atoms with Gasteiger partial charge in [0.25, 0.3) is 5.91 Å². The van der Waals surface area contributed by atoms with Gasteiger partial charge >= 0.3 is 0 Å². The number of likely N-dealkylation sites (tertiary alicyclic amines) is 2. The first-order chi connectivity index (χ1) is 12.3. The van der Waals surface area contributed by atoms with Crippen LogP contribution in [0.25, 0.3) is 0 Å². The number of hydrogen-bond donors (Lipinski definition) is 0. The summed E-state index contributed by atoms with van der Waals surface area (Å²) in [5, 5.41) is 4.21. The number of carbonyl (C=O) groups is 1. The molecule has 6 nitrogen and oxygen atoms in total. The van der Waals surface area contributed by atoms with Crippen molar-refractivity contribution in [3.05, 3.63) is 47.6 Å². The lowest BCUT2D eigenvalue weighted by atomic mass is 9.94. The molecule has 0 unspecified atom stereocenters. The average molecular weight is 340 g/mol. The Morgan fingerprint density at radius 3 is 2.88 bits per heavy atom. The van der Waals surface area contributed by atoms with Crippen LogP contribution in [0.5, 0.6) is 0 Å². The number of hydrogen-bond acceptors (Lipinski definition) is 5. The SMILES string of the molecule is O=C(c1cc([C@@H]2CCCN(Cc3ccccn3)C2)no1)N1CCCC1. The molecule has 0 radical (unpaired) electrons. The zero-order valence-electron chi connectivity index (χ0n) is 14.4. The fourth-order valence-electron chi connectivity index (χ4n) is 3.82. The van der Waals surface area contributed by atoms with Gasteiger partial charge in [-0.05, 0) is 44.4 Å². The molecule has 0 aromatic carbocycles. The molecule has 2 aromatic rings. The van der Waals surface area contributed by atoms with Crippen LogP contribution >= 0.6 is 0 Å². The monoisotopic (exact) mass is 340 g/mol. The number of piperidine rings is 1. The minimum atomic E-state index is -0.0163. The van der Waals surface area contributed by atoms with Gasteiger partial charge in [-0.25, -0.2) is 0 Å². The van der Waals surface area contributed by atoms with Gasteiger partial charge in [-0.15, -0.1) is 0 Å². The summed E-state index contributed by atoms with van der Waals surface area (Å²) in [6, 6.07) is 7.89. The van der Waals surface area contributed by atoms with Crippen molar-refractivity contribution >= 4 is 5.91 Å². The number of carbonyl (C=O) groups excluding carboxylic acids is 1. The van der Waals surface area contributed by atoms with Crippen molar-refractivity contribution in [1.82, 2.24) is 19.9 Å². The molecule has 4 rings (SSSR count). The van der Waals surface area contributed by atoms with Crippen molar-refractivity contribution in [1.29, 1.82) is 0 Å². The van der Waals surface area contributed by atoms with Crippen LogP contribution in [0.15, 0.2) is 35.0 Å². The maximum Gasteiger partial charge on any atom is 0.292 e. The maximum absolute atomic E-state index is 12.4. The van der Waals surface area contributed by atoms with Crippen molar-refractivity contribution in [3.63, 3.8) is 0 Å². The van der Waals surface area contributed by atoms with Crippen molar-refractivity contribution < 1.29 is 9.32 Å². The summed E-state index contributed by atoms with van der Waals surface area (Å²) in [7, 11) is 0. The molecule has 0 N–H and O–H groups in total. The van der Waals surface area contributed by atoms with Crippen LogP contribution in [0.3, 0.4) is 0 Å². The Kier molecular flexibility index (Phi) is 4.78. The zero-order valence-corrected chi connectivity index (χ0v) is 14.4. The molecule has 1 amide bonds. The third kappa shape index (κ3) is 3.74. The van der Waals surface area contributed by atoms with E-state index in [9.17, 15) is 4.79 Å². The summed E-state index contributed by atoms with van der Waals surface area (Å²) >= 11 is 0. The van der Waals surface area contributed by atoms with E-state index < -0.39 is 0 Å². The summed E-state index contributed by atoms with van der Waals surface area (Å²) in [5.74, 6) is 0.692. The fraction of sp³-hybridized carbons (Fsp3) is 0.526. The summed E-state index contributed by atoms with van der Waals surface area (Å²) in [5.41, 5.74) is 2.00. The Labute approximate surface area is 147 Å². The predicted molar refractivity (Wildman–Crippen MR) is 93.1 cm³/mol. The van der Waals surface area contributed by atoms with E-state index in [0.29, 0.717) is 11.7 Å². The Morgan fingerprint density at radius 2 is 2.08 bits per heavy atom. The summed E-state index contributed by atoms with van der Waals surface area (Å²) in [4.78, 5) is 21.1. The maximum atomic E-state index is 12.4. The molecule has 2 fully saturated rings. The molecule has 4 heterocycles. The molecule has 132 valence electrons. The first kappa shape index (κ1) is 16.3. The van der Waals surface area contributed by atoms with Crippen LogP contribution in [0.1, 0.15) is 53.5 Å². The van der Waals surface area contributed by atoms with E-state index in [2.05, 4.69) is 21.1 Å². The standard InChI is InChI=1S/C19H24N4O2/c24-19(23-10-3-4-11-23)18-12-17(21-25-18)15-6-5-9-22(13-15)14-16-7-1-2-8-20-16/h1-2,7-8,12,15H,3-6,9-11,13-14H2/t15-/m1/s1. The summed E-state index contributed by atoms with van der Waals surface area (Å²) in [6.45, 7) is 4.52. The first-order valence-electron chi connectivity index (χ1n) is 9.18. The van der Waals surface area contributed by atoms with Crippen molar-refractivity contribution in [2.24, 2.45) is 0 Å². The lowest BCUT2D eigenvalue weighted by Crippen LogP contribution is -2.34. The molecule has 2 aromatic heterocycles. The minimum absolute atomic E-state index is 0.0163. The molecule has 2 aliphatic rings. The molecule has 1 atom stereocenters. The van der Waals surface area contributed by atoms with Gasteiger partial charge in [-0.3, -0.25) is 14.7 Å². The summed E-state index contributed by atoms with van der Waals surface area (Å²) < 4.78 is 5.37. The van der Waals surface area contributed by atoms with Crippen molar-refractivity contribution in [2.75, 3.05) is 26.2 Å². The highest BCUT2D eigenvalue weighted by Gasteiger charge is 2.28. The number of nitrogens with zero attached hydrogens (tertiary/aromatic N) is 4.